The van der Waals surface area contributed by atoms with Crippen molar-refractivity contribution in [2.24, 2.45) is 5.41 Å². The molecule has 1 aliphatic rings. The molecule has 1 amide bonds. The molecular weight excluding hydrogens is 138 g/mol. The Bertz CT molecular complexity index is 159. The molecule has 0 unspecified atom stereocenters. The average molecular weight is 155 g/mol. The van der Waals surface area contributed by atoms with Gasteiger partial charge in [0, 0.05) is 11.5 Å². The molecule has 1 N–H and O–H groups in total. The van der Waals surface area contributed by atoms with E-state index in [1.807, 2.05) is 20.8 Å². The van der Waals surface area contributed by atoms with Crippen molar-refractivity contribution in [1.29, 1.82) is 0 Å². The van der Waals surface area contributed by atoms with Gasteiger partial charge in [0.25, 0.3) is 0 Å². The summed E-state index contributed by atoms with van der Waals surface area (Å²) < 4.78 is 0. The predicted octanol–water partition coefficient (Wildman–Crippen LogP) is 1.70. The molecule has 2 nitrogen and oxygen atoms in total. The third kappa shape index (κ3) is 2.21. The summed E-state index contributed by atoms with van der Waals surface area (Å²) in [4.78, 5) is 11.4. The molecule has 1 saturated carbocycles. The highest BCUT2D eigenvalue weighted by Crippen LogP contribution is 2.24. The second kappa shape index (κ2) is 2.84. The molecule has 2 heteroatoms. The fourth-order valence-electron chi connectivity index (χ4n) is 0.769. The van der Waals surface area contributed by atoms with Gasteiger partial charge in [-0.1, -0.05) is 20.8 Å². The highest BCUT2D eigenvalue weighted by atomic mass is 16.2. The van der Waals surface area contributed by atoms with Crippen molar-refractivity contribution in [2.75, 3.05) is 0 Å². The molecule has 0 bridgehead atoms. The second-order valence-corrected chi connectivity index (χ2v) is 3.99. The number of nitrogens with one attached hydrogen (secondary N) is 1. The van der Waals surface area contributed by atoms with Gasteiger partial charge in [0.05, 0.1) is 0 Å². The highest BCUT2D eigenvalue weighted by molar-refractivity contribution is 5.82. The van der Waals surface area contributed by atoms with Gasteiger partial charge in [-0.3, -0.25) is 4.79 Å². The third-order valence-corrected chi connectivity index (χ3v) is 2.41. The molecule has 0 radical (unpaired) electrons. The van der Waals surface area contributed by atoms with Crippen LogP contribution in [0.4, 0.5) is 0 Å². The van der Waals surface area contributed by atoms with E-state index in [2.05, 4.69) is 5.32 Å². The lowest BCUT2D eigenvalue weighted by molar-refractivity contribution is -0.129. The Hall–Kier alpha value is -0.530. The zero-order valence-electron chi connectivity index (χ0n) is 7.61. The minimum Gasteiger partial charge on any atom is -0.353 e. The van der Waals surface area contributed by atoms with Crippen LogP contribution in [0.5, 0.6) is 0 Å². The Morgan fingerprint density at radius 3 is 2.45 bits per heavy atom. The topological polar surface area (TPSA) is 29.1 Å². The Balaban J connectivity index is 2.37. The molecule has 64 valence electrons. The minimum absolute atomic E-state index is 0.178. The van der Waals surface area contributed by atoms with Crippen LogP contribution in [0.3, 0.4) is 0 Å². The summed E-state index contributed by atoms with van der Waals surface area (Å²) in [6, 6.07) is 0.494. The van der Waals surface area contributed by atoms with Crippen LogP contribution < -0.4 is 5.32 Å². The molecular formula is C9H17NO. The summed E-state index contributed by atoms with van der Waals surface area (Å²) in [6.45, 7) is 6.03. The fourth-order valence-corrected chi connectivity index (χ4v) is 0.769. The normalized spacial score (nSPS) is 18.1. The van der Waals surface area contributed by atoms with Crippen molar-refractivity contribution < 1.29 is 4.79 Å². The lowest BCUT2D eigenvalue weighted by Crippen LogP contribution is -2.37. The van der Waals surface area contributed by atoms with Gasteiger partial charge in [-0.05, 0) is 19.3 Å². The Labute approximate surface area is 68.4 Å². The van der Waals surface area contributed by atoms with Gasteiger partial charge in [-0.15, -0.1) is 0 Å². The van der Waals surface area contributed by atoms with Crippen molar-refractivity contribution in [3.63, 3.8) is 0 Å². The van der Waals surface area contributed by atoms with Crippen LogP contribution in [0.25, 0.3) is 0 Å². The van der Waals surface area contributed by atoms with E-state index in [0.717, 1.165) is 6.42 Å². The third-order valence-electron chi connectivity index (χ3n) is 2.41. The van der Waals surface area contributed by atoms with E-state index < -0.39 is 0 Å². The molecule has 1 rings (SSSR count). The van der Waals surface area contributed by atoms with Crippen LogP contribution in [0.15, 0.2) is 0 Å². The van der Waals surface area contributed by atoms with E-state index in [4.69, 9.17) is 0 Å². The first kappa shape index (κ1) is 8.57. The molecule has 1 aliphatic carbocycles. The van der Waals surface area contributed by atoms with Gasteiger partial charge < -0.3 is 5.32 Å². The lowest BCUT2D eigenvalue weighted by Gasteiger charge is -2.21. The first-order valence-electron chi connectivity index (χ1n) is 4.37. The number of hydrogen-bond acceptors (Lipinski definition) is 1. The molecule has 0 atom stereocenters. The van der Waals surface area contributed by atoms with E-state index in [1.165, 1.54) is 12.8 Å². The number of carbonyl (C=O) groups excluding carboxylic acids is 1. The van der Waals surface area contributed by atoms with Crippen LogP contribution in [0.2, 0.25) is 0 Å². The minimum atomic E-state index is -0.178. The van der Waals surface area contributed by atoms with Crippen LogP contribution in [0, 0.1) is 5.41 Å². The zero-order valence-corrected chi connectivity index (χ0v) is 7.61. The smallest absolute Gasteiger partial charge is 0.225 e. The molecule has 0 aromatic rings. The molecule has 0 saturated heterocycles. The van der Waals surface area contributed by atoms with Gasteiger partial charge in [0.2, 0.25) is 5.91 Å². The van der Waals surface area contributed by atoms with Crippen molar-refractivity contribution in [2.45, 2.75) is 46.1 Å². The van der Waals surface area contributed by atoms with Crippen LogP contribution in [-0.2, 0) is 4.79 Å². The number of rotatable bonds is 3. The molecule has 0 aliphatic heterocycles. The molecule has 0 heterocycles. The van der Waals surface area contributed by atoms with Crippen molar-refractivity contribution in [3.8, 4) is 0 Å². The predicted molar refractivity (Wildman–Crippen MR) is 45.2 cm³/mol. The van der Waals surface area contributed by atoms with E-state index in [-0.39, 0.29) is 11.3 Å². The largest absolute Gasteiger partial charge is 0.353 e. The number of carbonyl (C=O) groups is 1. The van der Waals surface area contributed by atoms with Crippen LogP contribution >= 0.6 is 0 Å². The second-order valence-electron chi connectivity index (χ2n) is 3.99. The zero-order chi connectivity index (χ0) is 8.48. The first-order valence-corrected chi connectivity index (χ1v) is 4.37. The van der Waals surface area contributed by atoms with E-state index in [9.17, 15) is 4.79 Å². The first-order chi connectivity index (χ1) is 5.06. The molecule has 0 aromatic carbocycles. The average Bonchev–Trinajstić information content (AvgIpc) is 2.72. The van der Waals surface area contributed by atoms with Crippen LogP contribution in [0.1, 0.15) is 40.0 Å². The summed E-state index contributed by atoms with van der Waals surface area (Å²) in [5, 5.41) is 3.01. The maximum Gasteiger partial charge on any atom is 0.225 e. The van der Waals surface area contributed by atoms with Gasteiger partial charge >= 0.3 is 0 Å². The van der Waals surface area contributed by atoms with Gasteiger partial charge in [-0.25, -0.2) is 0 Å². The maximum atomic E-state index is 11.4. The Kier molecular flexibility index (Phi) is 2.21. The van der Waals surface area contributed by atoms with Crippen molar-refractivity contribution in [3.05, 3.63) is 0 Å². The van der Waals surface area contributed by atoms with Crippen molar-refractivity contribution in [1.82, 2.24) is 5.32 Å². The highest BCUT2D eigenvalue weighted by Gasteiger charge is 2.30. The van der Waals surface area contributed by atoms with E-state index >= 15 is 0 Å². The summed E-state index contributed by atoms with van der Waals surface area (Å²) in [5.41, 5.74) is -0.178. The van der Waals surface area contributed by atoms with E-state index in [1.54, 1.807) is 0 Å². The van der Waals surface area contributed by atoms with Crippen LogP contribution in [-0.4, -0.2) is 11.9 Å². The number of amides is 1. The summed E-state index contributed by atoms with van der Waals surface area (Å²) >= 11 is 0. The molecule has 11 heavy (non-hydrogen) atoms. The standard InChI is InChI=1S/C9H17NO/c1-4-9(2,3)8(11)10-7-5-6-7/h7H,4-6H2,1-3H3,(H,10,11). The Morgan fingerprint density at radius 2 is 2.09 bits per heavy atom. The molecule has 1 fully saturated rings. The maximum absolute atomic E-state index is 11.4. The summed E-state index contributed by atoms with van der Waals surface area (Å²) in [5.74, 6) is 0.211. The summed E-state index contributed by atoms with van der Waals surface area (Å²) in [6.07, 6.45) is 3.25. The van der Waals surface area contributed by atoms with Gasteiger partial charge in [0.15, 0.2) is 0 Å². The monoisotopic (exact) mass is 155 g/mol. The van der Waals surface area contributed by atoms with Gasteiger partial charge in [-0.2, -0.15) is 0 Å². The van der Waals surface area contributed by atoms with Crippen molar-refractivity contribution >= 4 is 5.91 Å². The summed E-state index contributed by atoms with van der Waals surface area (Å²) in [7, 11) is 0. The Morgan fingerprint density at radius 1 is 1.55 bits per heavy atom. The molecule has 0 spiro atoms. The fraction of sp³-hybridized carbons (Fsp3) is 0.889. The SMILES string of the molecule is CCC(C)(C)C(=O)NC1CC1. The molecule has 0 aromatic heterocycles. The van der Waals surface area contributed by atoms with E-state index in [0.29, 0.717) is 6.04 Å². The quantitative estimate of drug-likeness (QED) is 0.660. The number of hydrogen-bond donors (Lipinski definition) is 1. The lowest BCUT2D eigenvalue weighted by atomic mass is 9.89. The van der Waals surface area contributed by atoms with Gasteiger partial charge in [0.1, 0.15) is 0 Å².